The molecular weight excluding hydrogens is 330 g/mol. The summed E-state index contributed by atoms with van der Waals surface area (Å²) in [6.45, 7) is 3.41. The fraction of sp³-hybridized carbons (Fsp3) is 0.222. The second-order valence-electron chi connectivity index (χ2n) is 5.74. The molecule has 132 valence electrons. The average Bonchev–Trinajstić information content (AvgIpc) is 3.42. The van der Waals surface area contributed by atoms with Gasteiger partial charge in [-0.05, 0) is 19.1 Å². The zero-order chi connectivity index (χ0) is 17.9. The van der Waals surface area contributed by atoms with Crippen molar-refractivity contribution in [3.05, 3.63) is 60.9 Å². The van der Waals surface area contributed by atoms with Crippen LogP contribution in [0.1, 0.15) is 12.5 Å². The highest BCUT2D eigenvalue weighted by Gasteiger charge is 2.14. The van der Waals surface area contributed by atoms with Crippen molar-refractivity contribution in [2.75, 3.05) is 7.11 Å². The largest absolute Gasteiger partial charge is 0.494 e. The van der Waals surface area contributed by atoms with Gasteiger partial charge in [-0.25, -0.2) is 19.3 Å². The Balaban J connectivity index is 1.62. The third-order valence-electron chi connectivity index (χ3n) is 4.15. The molecule has 0 radical (unpaired) electrons. The lowest BCUT2D eigenvalue weighted by atomic mass is 10.3. The Morgan fingerprint density at radius 1 is 1.08 bits per heavy atom. The van der Waals surface area contributed by atoms with E-state index in [1.165, 1.54) is 0 Å². The minimum absolute atomic E-state index is 0.640. The Kier molecular flexibility index (Phi) is 4.22. The SMILES string of the molecule is CCn1ncnc1-c1nccn1Cc1cnn(-c2ccccc2OC)c1. The second kappa shape index (κ2) is 6.83. The van der Waals surface area contributed by atoms with E-state index < -0.39 is 0 Å². The van der Waals surface area contributed by atoms with E-state index in [0.717, 1.165) is 35.2 Å². The monoisotopic (exact) mass is 349 g/mol. The van der Waals surface area contributed by atoms with E-state index in [-0.39, 0.29) is 0 Å². The number of para-hydroxylation sites is 2. The highest BCUT2D eigenvalue weighted by Crippen LogP contribution is 2.22. The summed E-state index contributed by atoms with van der Waals surface area (Å²) in [5.41, 5.74) is 1.95. The number of aryl methyl sites for hydroxylation is 1. The molecule has 0 aliphatic carbocycles. The Hall–Kier alpha value is -3.42. The number of aromatic nitrogens is 7. The van der Waals surface area contributed by atoms with Crippen LogP contribution in [0.15, 0.2) is 55.4 Å². The summed E-state index contributed by atoms with van der Waals surface area (Å²) in [5.74, 6) is 2.32. The summed E-state index contributed by atoms with van der Waals surface area (Å²) in [6.07, 6.45) is 9.10. The number of benzene rings is 1. The molecule has 0 bridgehead atoms. The van der Waals surface area contributed by atoms with Gasteiger partial charge >= 0.3 is 0 Å². The highest BCUT2D eigenvalue weighted by atomic mass is 16.5. The Bertz CT molecular complexity index is 1010. The minimum Gasteiger partial charge on any atom is -0.494 e. The molecule has 0 amide bonds. The zero-order valence-corrected chi connectivity index (χ0v) is 14.6. The summed E-state index contributed by atoms with van der Waals surface area (Å²) >= 11 is 0. The first-order valence-corrected chi connectivity index (χ1v) is 8.36. The molecule has 1 aromatic carbocycles. The maximum absolute atomic E-state index is 5.41. The average molecular weight is 349 g/mol. The van der Waals surface area contributed by atoms with Crippen LogP contribution in [0.25, 0.3) is 17.3 Å². The van der Waals surface area contributed by atoms with Crippen LogP contribution in [-0.4, -0.2) is 41.2 Å². The third kappa shape index (κ3) is 2.85. The fourth-order valence-corrected chi connectivity index (χ4v) is 2.90. The molecule has 0 saturated heterocycles. The minimum atomic E-state index is 0.640. The van der Waals surface area contributed by atoms with Crippen LogP contribution in [-0.2, 0) is 13.1 Å². The molecule has 0 spiro atoms. The van der Waals surface area contributed by atoms with Gasteiger partial charge in [0.25, 0.3) is 0 Å². The molecule has 3 heterocycles. The van der Waals surface area contributed by atoms with Gasteiger partial charge in [-0.2, -0.15) is 10.2 Å². The molecule has 3 aromatic heterocycles. The maximum atomic E-state index is 5.41. The standard InChI is InChI=1S/C18H19N7O/c1-3-24-18(20-13-22-24)17-19-8-9-23(17)11-14-10-21-25(12-14)15-6-4-5-7-16(15)26-2/h4-10,12-13H,3,11H2,1-2H3. The smallest absolute Gasteiger partial charge is 0.194 e. The van der Waals surface area contributed by atoms with Crippen molar-refractivity contribution in [3.63, 3.8) is 0 Å². The molecule has 8 heteroatoms. The third-order valence-corrected chi connectivity index (χ3v) is 4.15. The number of rotatable bonds is 6. The zero-order valence-electron chi connectivity index (χ0n) is 14.6. The van der Waals surface area contributed by atoms with Crippen LogP contribution in [0.5, 0.6) is 5.75 Å². The molecule has 0 fully saturated rings. The van der Waals surface area contributed by atoms with E-state index in [2.05, 4.69) is 20.2 Å². The normalized spacial score (nSPS) is 11.0. The number of hydrogen-bond donors (Lipinski definition) is 0. The van der Waals surface area contributed by atoms with Crippen molar-refractivity contribution in [2.24, 2.45) is 0 Å². The number of imidazole rings is 1. The number of hydrogen-bond acceptors (Lipinski definition) is 5. The summed E-state index contributed by atoms with van der Waals surface area (Å²) in [5, 5.41) is 8.70. The van der Waals surface area contributed by atoms with Crippen molar-refractivity contribution in [3.8, 4) is 23.1 Å². The van der Waals surface area contributed by atoms with E-state index in [0.29, 0.717) is 6.54 Å². The van der Waals surface area contributed by atoms with Crippen LogP contribution in [0, 0.1) is 0 Å². The van der Waals surface area contributed by atoms with Gasteiger partial charge in [0.05, 0.1) is 19.9 Å². The lowest BCUT2D eigenvalue weighted by molar-refractivity contribution is 0.411. The quantitative estimate of drug-likeness (QED) is 0.534. The van der Waals surface area contributed by atoms with Gasteiger partial charge in [-0.15, -0.1) is 0 Å². The van der Waals surface area contributed by atoms with E-state index >= 15 is 0 Å². The predicted octanol–water partition coefficient (Wildman–Crippen LogP) is 2.40. The molecule has 0 N–H and O–H groups in total. The van der Waals surface area contributed by atoms with Crippen LogP contribution in [0.4, 0.5) is 0 Å². The number of ether oxygens (including phenoxy) is 1. The number of nitrogens with zero attached hydrogens (tertiary/aromatic N) is 7. The van der Waals surface area contributed by atoms with E-state index in [4.69, 9.17) is 4.74 Å². The molecular formula is C18H19N7O. The molecule has 4 aromatic rings. The molecule has 0 aliphatic rings. The van der Waals surface area contributed by atoms with E-state index in [1.807, 2.05) is 63.7 Å². The van der Waals surface area contributed by atoms with Gasteiger partial charge in [0, 0.05) is 30.7 Å². The molecule has 0 unspecified atom stereocenters. The van der Waals surface area contributed by atoms with Crippen LogP contribution >= 0.6 is 0 Å². The first-order valence-electron chi connectivity index (χ1n) is 8.36. The molecule has 0 aliphatic heterocycles. The van der Waals surface area contributed by atoms with Gasteiger partial charge in [0.2, 0.25) is 0 Å². The molecule has 0 atom stereocenters. The van der Waals surface area contributed by atoms with Crippen molar-refractivity contribution in [1.29, 1.82) is 0 Å². The molecule has 0 saturated carbocycles. The van der Waals surface area contributed by atoms with Crippen LogP contribution in [0.3, 0.4) is 0 Å². The Morgan fingerprint density at radius 2 is 1.96 bits per heavy atom. The van der Waals surface area contributed by atoms with Gasteiger partial charge in [-0.3, -0.25) is 0 Å². The van der Waals surface area contributed by atoms with E-state index in [1.54, 1.807) is 19.6 Å². The van der Waals surface area contributed by atoms with Crippen molar-refractivity contribution < 1.29 is 4.74 Å². The van der Waals surface area contributed by atoms with Crippen molar-refractivity contribution in [2.45, 2.75) is 20.0 Å². The van der Waals surface area contributed by atoms with Gasteiger partial charge in [0.15, 0.2) is 11.6 Å². The topological polar surface area (TPSA) is 75.6 Å². The highest BCUT2D eigenvalue weighted by molar-refractivity contribution is 5.46. The van der Waals surface area contributed by atoms with Crippen molar-refractivity contribution >= 4 is 0 Å². The van der Waals surface area contributed by atoms with Gasteiger partial charge < -0.3 is 9.30 Å². The lowest BCUT2D eigenvalue weighted by Crippen LogP contribution is -2.06. The first kappa shape index (κ1) is 16.1. The molecule has 26 heavy (non-hydrogen) atoms. The Labute approximate surface area is 150 Å². The molecule has 4 rings (SSSR count). The van der Waals surface area contributed by atoms with E-state index in [9.17, 15) is 0 Å². The van der Waals surface area contributed by atoms with Gasteiger partial charge in [-0.1, -0.05) is 12.1 Å². The summed E-state index contributed by atoms with van der Waals surface area (Å²) in [6, 6.07) is 7.79. The molecule has 8 nitrogen and oxygen atoms in total. The summed E-state index contributed by atoms with van der Waals surface area (Å²) in [7, 11) is 1.66. The second-order valence-corrected chi connectivity index (χ2v) is 5.74. The van der Waals surface area contributed by atoms with Crippen LogP contribution in [0.2, 0.25) is 0 Å². The summed E-state index contributed by atoms with van der Waals surface area (Å²) < 4.78 is 11.1. The maximum Gasteiger partial charge on any atom is 0.194 e. The van der Waals surface area contributed by atoms with Crippen LogP contribution < -0.4 is 4.74 Å². The summed E-state index contributed by atoms with van der Waals surface area (Å²) in [4.78, 5) is 8.79. The first-order chi connectivity index (χ1) is 12.8. The fourth-order valence-electron chi connectivity index (χ4n) is 2.90. The van der Waals surface area contributed by atoms with Crippen molar-refractivity contribution in [1.82, 2.24) is 34.1 Å². The van der Waals surface area contributed by atoms with Gasteiger partial charge in [0.1, 0.15) is 17.8 Å². The predicted molar refractivity (Wildman–Crippen MR) is 96.1 cm³/mol. The lowest BCUT2D eigenvalue weighted by Gasteiger charge is -2.08. The number of methoxy groups -OCH3 is 1. The Morgan fingerprint density at radius 3 is 2.81 bits per heavy atom.